The first-order chi connectivity index (χ1) is 11.1. The highest BCUT2D eigenvalue weighted by molar-refractivity contribution is 7.10. The number of nitrogens with zero attached hydrogens (tertiary/aromatic N) is 3. The molecule has 0 bridgehead atoms. The van der Waals surface area contributed by atoms with Crippen LogP contribution in [0.4, 0.5) is 5.82 Å². The van der Waals surface area contributed by atoms with Crippen molar-refractivity contribution in [3.8, 4) is 11.1 Å². The van der Waals surface area contributed by atoms with E-state index in [1.54, 1.807) is 11.3 Å². The molecule has 0 saturated carbocycles. The highest BCUT2D eigenvalue weighted by atomic mass is 35.5. The fraction of sp³-hybridized carbons (Fsp3) is 0.222. The van der Waals surface area contributed by atoms with Gasteiger partial charge in [0.1, 0.15) is 0 Å². The van der Waals surface area contributed by atoms with Gasteiger partial charge in [-0.15, -0.1) is 11.3 Å². The molecule has 3 nitrogen and oxygen atoms in total. The third kappa shape index (κ3) is 2.52. The van der Waals surface area contributed by atoms with Crippen molar-refractivity contribution in [1.29, 1.82) is 0 Å². The minimum absolute atomic E-state index is 0.238. The predicted molar refractivity (Wildman–Crippen MR) is 97.3 cm³/mol. The number of benzene rings is 1. The maximum atomic E-state index is 6.02. The van der Waals surface area contributed by atoms with Gasteiger partial charge in [0.2, 0.25) is 0 Å². The van der Waals surface area contributed by atoms with Crippen molar-refractivity contribution in [2.75, 3.05) is 0 Å². The number of rotatable bonds is 2. The average Bonchev–Trinajstić information content (AvgIpc) is 3.15. The Hall–Kier alpha value is -1.91. The Labute approximate surface area is 144 Å². The smallest absolute Gasteiger partial charge is 0.159 e. The van der Waals surface area contributed by atoms with Crippen molar-refractivity contribution in [3.05, 3.63) is 57.4 Å². The summed E-state index contributed by atoms with van der Waals surface area (Å²) >= 11 is 7.80. The van der Waals surface area contributed by atoms with Gasteiger partial charge in [-0.1, -0.05) is 29.8 Å². The van der Waals surface area contributed by atoms with Gasteiger partial charge in [0.15, 0.2) is 5.82 Å². The molecule has 23 heavy (non-hydrogen) atoms. The van der Waals surface area contributed by atoms with Gasteiger partial charge >= 0.3 is 0 Å². The van der Waals surface area contributed by atoms with E-state index in [0.29, 0.717) is 0 Å². The summed E-state index contributed by atoms with van der Waals surface area (Å²) in [4.78, 5) is 6.14. The molecule has 0 radical (unpaired) electrons. The van der Waals surface area contributed by atoms with Crippen molar-refractivity contribution >= 4 is 34.5 Å². The van der Waals surface area contributed by atoms with E-state index in [1.165, 1.54) is 4.88 Å². The number of aryl methyl sites for hydroxylation is 1. The molecule has 1 aliphatic rings. The summed E-state index contributed by atoms with van der Waals surface area (Å²) in [6.07, 6.45) is 0.911. The van der Waals surface area contributed by atoms with Gasteiger partial charge in [-0.25, -0.2) is 9.67 Å². The largest absolute Gasteiger partial charge is 0.238 e. The number of hydrogen-bond donors (Lipinski definition) is 0. The predicted octanol–water partition coefficient (Wildman–Crippen LogP) is 5.66. The summed E-state index contributed by atoms with van der Waals surface area (Å²) in [5.41, 5.74) is 4.35. The maximum absolute atomic E-state index is 6.02. The van der Waals surface area contributed by atoms with Crippen LogP contribution in [0.25, 0.3) is 11.1 Å². The SMILES string of the molecule is CC1=Nc2c(-c3ccc(Cl)cc3)c(C)nn2[C@@H](c2cccs2)C1. The molecule has 0 unspecified atom stereocenters. The van der Waals surface area contributed by atoms with Crippen LogP contribution in [0.3, 0.4) is 0 Å². The lowest BCUT2D eigenvalue weighted by Crippen LogP contribution is -2.18. The summed E-state index contributed by atoms with van der Waals surface area (Å²) in [5.74, 6) is 0.951. The van der Waals surface area contributed by atoms with Crippen molar-refractivity contribution in [3.63, 3.8) is 0 Å². The fourth-order valence-corrected chi connectivity index (χ4v) is 4.05. The molecule has 3 heterocycles. The van der Waals surface area contributed by atoms with Gasteiger partial charge in [0.05, 0.1) is 11.7 Å². The van der Waals surface area contributed by atoms with Gasteiger partial charge in [-0.2, -0.15) is 5.10 Å². The Balaban J connectivity index is 1.90. The quantitative estimate of drug-likeness (QED) is 0.591. The second-order valence-electron chi connectivity index (χ2n) is 5.82. The average molecular weight is 342 g/mol. The number of hydrogen-bond acceptors (Lipinski definition) is 3. The molecule has 0 amide bonds. The van der Waals surface area contributed by atoms with Crippen LogP contribution in [0, 0.1) is 6.92 Å². The normalized spacial score (nSPS) is 17.0. The molecule has 0 saturated heterocycles. The Morgan fingerprint density at radius 3 is 2.65 bits per heavy atom. The summed E-state index contributed by atoms with van der Waals surface area (Å²) < 4.78 is 2.08. The number of aliphatic imine (C=N–C) groups is 1. The van der Waals surface area contributed by atoms with Crippen molar-refractivity contribution in [2.45, 2.75) is 26.3 Å². The Bertz CT molecular complexity index is 876. The number of halogens is 1. The molecule has 0 N–H and O–H groups in total. The third-order valence-electron chi connectivity index (χ3n) is 4.15. The molecule has 0 spiro atoms. The van der Waals surface area contributed by atoms with E-state index < -0.39 is 0 Å². The van der Waals surface area contributed by atoms with Crippen molar-refractivity contribution in [1.82, 2.24) is 9.78 Å². The van der Waals surface area contributed by atoms with Crippen molar-refractivity contribution < 1.29 is 0 Å². The minimum Gasteiger partial charge on any atom is -0.238 e. The Morgan fingerprint density at radius 1 is 1.17 bits per heavy atom. The molecule has 4 rings (SSSR count). The standard InChI is InChI=1S/C18H16ClN3S/c1-11-10-15(16-4-3-9-23-16)22-18(20-11)17(12(2)21-22)13-5-7-14(19)8-6-13/h3-9,15H,10H2,1-2H3/t15-/m1/s1. The molecular weight excluding hydrogens is 326 g/mol. The van der Waals surface area contributed by atoms with E-state index in [4.69, 9.17) is 21.7 Å². The second-order valence-corrected chi connectivity index (χ2v) is 7.23. The first-order valence-corrected chi connectivity index (χ1v) is 8.82. The monoisotopic (exact) mass is 341 g/mol. The molecule has 0 aliphatic carbocycles. The summed E-state index contributed by atoms with van der Waals surface area (Å²) in [7, 11) is 0. The van der Waals surface area contributed by atoms with Crippen molar-refractivity contribution in [2.24, 2.45) is 4.99 Å². The van der Waals surface area contributed by atoms with Gasteiger partial charge in [-0.3, -0.25) is 0 Å². The van der Waals surface area contributed by atoms with E-state index in [2.05, 4.69) is 29.1 Å². The van der Waals surface area contributed by atoms with Crippen LogP contribution in [-0.2, 0) is 0 Å². The van der Waals surface area contributed by atoms with Gasteiger partial charge in [0, 0.05) is 27.6 Å². The number of fused-ring (bicyclic) bond motifs is 1. The lowest BCUT2D eigenvalue weighted by Gasteiger charge is -2.22. The molecule has 1 aliphatic heterocycles. The maximum Gasteiger partial charge on any atom is 0.159 e. The summed E-state index contributed by atoms with van der Waals surface area (Å²) in [6, 6.07) is 12.4. The minimum atomic E-state index is 0.238. The van der Waals surface area contributed by atoms with Crippen LogP contribution in [0.1, 0.15) is 30.0 Å². The zero-order valence-electron chi connectivity index (χ0n) is 13.0. The number of aromatic nitrogens is 2. The lowest BCUT2D eigenvalue weighted by atomic mass is 10.0. The van der Waals surface area contributed by atoms with Gasteiger partial charge < -0.3 is 0 Å². The van der Waals surface area contributed by atoms with Crippen LogP contribution in [0.5, 0.6) is 0 Å². The molecule has 116 valence electrons. The fourth-order valence-electron chi connectivity index (χ4n) is 3.11. The Morgan fingerprint density at radius 2 is 1.96 bits per heavy atom. The Kier molecular flexibility index (Phi) is 3.58. The molecule has 0 fully saturated rings. The van der Waals surface area contributed by atoms with Crippen LogP contribution in [0.15, 0.2) is 46.8 Å². The van der Waals surface area contributed by atoms with Crippen LogP contribution < -0.4 is 0 Å². The molecule has 1 aromatic carbocycles. The lowest BCUT2D eigenvalue weighted by molar-refractivity contribution is 0.536. The van der Waals surface area contributed by atoms with E-state index in [0.717, 1.165) is 39.8 Å². The highest BCUT2D eigenvalue weighted by Gasteiger charge is 2.28. The van der Waals surface area contributed by atoms with E-state index in [9.17, 15) is 0 Å². The van der Waals surface area contributed by atoms with E-state index in [-0.39, 0.29) is 6.04 Å². The zero-order valence-corrected chi connectivity index (χ0v) is 14.5. The van der Waals surface area contributed by atoms with Crippen LogP contribution in [0.2, 0.25) is 5.02 Å². The van der Waals surface area contributed by atoms with E-state index in [1.807, 2.05) is 31.2 Å². The van der Waals surface area contributed by atoms with Crippen LogP contribution >= 0.6 is 22.9 Å². The first kappa shape index (κ1) is 14.7. The van der Waals surface area contributed by atoms with Gasteiger partial charge in [-0.05, 0) is 43.0 Å². The summed E-state index contributed by atoms with van der Waals surface area (Å²) in [6.45, 7) is 4.14. The second kappa shape index (κ2) is 5.62. The molecule has 1 atom stereocenters. The molecule has 2 aromatic heterocycles. The molecule has 3 aromatic rings. The van der Waals surface area contributed by atoms with Gasteiger partial charge in [0.25, 0.3) is 0 Å². The van der Waals surface area contributed by atoms with Crippen LogP contribution in [-0.4, -0.2) is 15.5 Å². The number of thiophene rings is 1. The van der Waals surface area contributed by atoms with E-state index >= 15 is 0 Å². The first-order valence-electron chi connectivity index (χ1n) is 7.56. The topological polar surface area (TPSA) is 30.2 Å². The molecular formula is C18H16ClN3S. The molecule has 5 heteroatoms. The summed E-state index contributed by atoms with van der Waals surface area (Å²) in [5, 5.41) is 7.66. The zero-order chi connectivity index (χ0) is 16.0. The highest BCUT2D eigenvalue weighted by Crippen LogP contribution is 2.41. The third-order valence-corrected chi connectivity index (χ3v) is 5.37.